The van der Waals surface area contributed by atoms with E-state index in [1.165, 1.54) is 14.0 Å². The third-order valence-electron chi connectivity index (χ3n) is 3.13. The van der Waals surface area contributed by atoms with Gasteiger partial charge in [-0.2, -0.15) is 0 Å². The predicted molar refractivity (Wildman–Crippen MR) is 96.1 cm³/mol. The summed E-state index contributed by atoms with van der Waals surface area (Å²) in [6.45, 7) is -2.79. The molecule has 0 bridgehead atoms. The number of carbonyl (C=O) groups is 1. The fourth-order valence-corrected chi connectivity index (χ4v) is 5.74. The van der Waals surface area contributed by atoms with Crippen LogP contribution in [0, 0.1) is 5.92 Å². The van der Waals surface area contributed by atoms with Crippen molar-refractivity contribution in [1.82, 2.24) is 5.32 Å². The van der Waals surface area contributed by atoms with Gasteiger partial charge in [0.1, 0.15) is 6.10 Å². The SMILES string of the molecule is COCC(CO)OP(=O)(OCCO)SCC1C=CC(NC(C)=O)=CC1. The molecule has 8 nitrogen and oxygen atoms in total. The van der Waals surface area contributed by atoms with Crippen molar-refractivity contribution < 1.29 is 33.4 Å². The fraction of sp³-hybridized carbons (Fsp3) is 0.667. The Morgan fingerprint density at radius 3 is 2.80 bits per heavy atom. The molecule has 0 aromatic rings. The quantitative estimate of drug-likeness (QED) is 0.426. The van der Waals surface area contributed by atoms with E-state index in [2.05, 4.69) is 5.32 Å². The summed E-state index contributed by atoms with van der Waals surface area (Å²) in [6, 6.07) is 0. The first-order chi connectivity index (χ1) is 11.9. The van der Waals surface area contributed by atoms with Gasteiger partial charge < -0.3 is 20.3 Å². The van der Waals surface area contributed by atoms with Gasteiger partial charge in [0, 0.05) is 25.5 Å². The number of hydrogen-bond donors (Lipinski definition) is 3. The van der Waals surface area contributed by atoms with E-state index in [0.29, 0.717) is 12.2 Å². The third-order valence-corrected chi connectivity index (χ3v) is 7.05. The number of hydrogen-bond acceptors (Lipinski definition) is 8. The molecule has 1 aliphatic rings. The van der Waals surface area contributed by atoms with E-state index in [1.54, 1.807) is 6.08 Å². The molecule has 25 heavy (non-hydrogen) atoms. The maximum Gasteiger partial charge on any atom is 0.389 e. The zero-order valence-electron chi connectivity index (χ0n) is 14.4. The van der Waals surface area contributed by atoms with Crippen LogP contribution in [-0.4, -0.2) is 61.5 Å². The van der Waals surface area contributed by atoms with Gasteiger partial charge in [-0.1, -0.05) is 12.2 Å². The Bertz CT molecular complexity index is 526. The van der Waals surface area contributed by atoms with Gasteiger partial charge in [0.2, 0.25) is 5.91 Å². The fourth-order valence-electron chi connectivity index (χ4n) is 2.01. The largest absolute Gasteiger partial charge is 0.394 e. The van der Waals surface area contributed by atoms with Crippen molar-refractivity contribution in [3.63, 3.8) is 0 Å². The van der Waals surface area contributed by atoms with Crippen LogP contribution >= 0.6 is 18.2 Å². The van der Waals surface area contributed by atoms with E-state index in [9.17, 15) is 14.5 Å². The number of nitrogens with one attached hydrogen (secondary N) is 1. The molecule has 0 saturated heterocycles. The van der Waals surface area contributed by atoms with Gasteiger partial charge in [-0.15, -0.1) is 0 Å². The van der Waals surface area contributed by atoms with E-state index in [0.717, 1.165) is 17.1 Å². The lowest BCUT2D eigenvalue weighted by Gasteiger charge is -2.24. The summed E-state index contributed by atoms with van der Waals surface area (Å²) < 4.78 is 28.3. The summed E-state index contributed by atoms with van der Waals surface area (Å²) in [4.78, 5) is 11.0. The molecule has 0 aromatic heterocycles. The first kappa shape index (κ1) is 22.4. The predicted octanol–water partition coefficient (Wildman–Crippen LogP) is 1.46. The highest BCUT2D eigenvalue weighted by Gasteiger charge is 2.31. The van der Waals surface area contributed by atoms with E-state index >= 15 is 0 Å². The highest BCUT2D eigenvalue weighted by molar-refractivity contribution is 8.55. The Morgan fingerprint density at radius 2 is 2.28 bits per heavy atom. The maximum absolute atomic E-state index is 12.8. The van der Waals surface area contributed by atoms with Crippen molar-refractivity contribution in [2.45, 2.75) is 19.4 Å². The Hall–Kier alpha value is -0.670. The molecule has 0 heterocycles. The number of rotatable bonds is 12. The molecule has 1 aliphatic carbocycles. The number of methoxy groups -OCH3 is 1. The Labute approximate surface area is 151 Å². The lowest BCUT2D eigenvalue weighted by atomic mass is 10.0. The molecule has 3 atom stereocenters. The van der Waals surface area contributed by atoms with Crippen LogP contribution in [0.2, 0.25) is 0 Å². The summed E-state index contributed by atoms with van der Waals surface area (Å²) >= 11 is 1.02. The Morgan fingerprint density at radius 1 is 1.52 bits per heavy atom. The van der Waals surface area contributed by atoms with Crippen LogP contribution in [0.5, 0.6) is 0 Å². The smallest absolute Gasteiger partial charge is 0.389 e. The van der Waals surface area contributed by atoms with E-state index < -0.39 is 12.9 Å². The molecule has 0 aromatic carbocycles. The van der Waals surface area contributed by atoms with Crippen molar-refractivity contribution in [2.75, 3.05) is 39.3 Å². The lowest BCUT2D eigenvalue weighted by Crippen LogP contribution is -2.22. The second kappa shape index (κ2) is 11.9. The number of aliphatic hydroxyl groups excluding tert-OH is 2. The molecular weight excluding hydrogens is 369 g/mol. The molecule has 144 valence electrons. The maximum atomic E-state index is 12.8. The van der Waals surface area contributed by atoms with Gasteiger partial charge in [-0.25, -0.2) is 4.57 Å². The third kappa shape index (κ3) is 9.01. The normalized spacial score (nSPS) is 20.6. The molecule has 0 radical (unpaired) electrons. The molecule has 1 rings (SSSR count). The Kier molecular flexibility index (Phi) is 10.6. The van der Waals surface area contributed by atoms with Crippen LogP contribution in [0.15, 0.2) is 23.9 Å². The Balaban J connectivity index is 2.58. The van der Waals surface area contributed by atoms with Gasteiger partial charge in [0.15, 0.2) is 0 Å². The minimum atomic E-state index is -3.55. The highest BCUT2D eigenvalue weighted by atomic mass is 32.7. The molecule has 0 spiro atoms. The first-order valence-electron chi connectivity index (χ1n) is 7.86. The van der Waals surface area contributed by atoms with Crippen molar-refractivity contribution in [1.29, 1.82) is 0 Å². The number of ether oxygens (including phenoxy) is 1. The number of allylic oxidation sites excluding steroid dienone is 3. The van der Waals surface area contributed by atoms with E-state index in [4.69, 9.17) is 18.9 Å². The van der Waals surface area contributed by atoms with Gasteiger partial charge in [0.05, 0.1) is 26.4 Å². The standard InChI is InChI=1S/C15H26NO7PS/c1-12(19)16-14-5-3-13(4-6-14)11-25-24(20,22-8-7-17)23-15(9-18)10-21-2/h3,5-6,13,15,17-18H,4,7-11H2,1-2H3,(H,16,19). The second-order valence-corrected chi connectivity index (χ2v) is 9.43. The molecule has 3 unspecified atom stereocenters. The molecule has 1 amide bonds. The number of amides is 1. The van der Waals surface area contributed by atoms with Gasteiger partial charge in [-0.3, -0.25) is 13.8 Å². The average Bonchev–Trinajstić information content (AvgIpc) is 2.59. The van der Waals surface area contributed by atoms with Crippen LogP contribution in [-0.2, 0) is 23.1 Å². The van der Waals surface area contributed by atoms with Crippen LogP contribution < -0.4 is 5.32 Å². The number of aliphatic hydroxyl groups is 2. The topological polar surface area (TPSA) is 114 Å². The van der Waals surface area contributed by atoms with E-state index in [-0.39, 0.29) is 38.3 Å². The second-order valence-electron chi connectivity index (χ2n) is 5.36. The summed E-state index contributed by atoms with van der Waals surface area (Å²) in [7, 11) is 1.45. The number of carbonyl (C=O) groups excluding carboxylic acids is 1. The monoisotopic (exact) mass is 395 g/mol. The van der Waals surface area contributed by atoms with Crippen LogP contribution in [0.25, 0.3) is 0 Å². The van der Waals surface area contributed by atoms with Gasteiger partial charge in [0.25, 0.3) is 0 Å². The van der Waals surface area contributed by atoms with Gasteiger partial charge >= 0.3 is 6.80 Å². The molecule has 0 fully saturated rings. The zero-order chi connectivity index (χ0) is 18.7. The highest BCUT2D eigenvalue weighted by Crippen LogP contribution is 2.62. The minimum absolute atomic E-state index is 0.0790. The minimum Gasteiger partial charge on any atom is -0.394 e. The summed E-state index contributed by atoms with van der Waals surface area (Å²) in [6.07, 6.45) is 5.54. The summed E-state index contributed by atoms with van der Waals surface area (Å²) in [5.74, 6) is 0.438. The van der Waals surface area contributed by atoms with Gasteiger partial charge in [-0.05, 0) is 29.8 Å². The summed E-state index contributed by atoms with van der Waals surface area (Å²) in [5, 5.41) is 20.9. The van der Waals surface area contributed by atoms with Crippen LogP contribution in [0.4, 0.5) is 0 Å². The lowest BCUT2D eigenvalue weighted by molar-refractivity contribution is -0.118. The summed E-state index contributed by atoms with van der Waals surface area (Å²) in [5.41, 5.74) is 0.741. The molecule has 0 saturated carbocycles. The van der Waals surface area contributed by atoms with Crippen molar-refractivity contribution >= 4 is 24.1 Å². The molecular formula is C15H26NO7PS. The zero-order valence-corrected chi connectivity index (χ0v) is 16.1. The van der Waals surface area contributed by atoms with Crippen LogP contribution in [0.1, 0.15) is 13.3 Å². The first-order valence-corrected chi connectivity index (χ1v) is 11.0. The molecule has 3 N–H and O–H groups in total. The average molecular weight is 395 g/mol. The van der Waals surface area contributed by atoms with Crippen molar-refractivity contribution in [3.8, 4) is 0 Å². The molecule has 10 heteroatoms. The van der Waals surface area contributed by atoms with E-state index in [1.807, 2.05) is 12.2 Å². The molecule has 0 aliphatic heterocycles. The van der Waals surface area contributed by atoms with Crippen molar-refractivity contribution in [3.05, 3.63) is 23.9 Å². The van der Waals surface area contributed by atoms with Crippen molar-refractivity contribution in [2.24, 2.45) is 5.92 Å². The van der Waals surface area contributed by atoms with Crippen LogP contribution in [0.3, 0.4) is 0 Å².